The lowest BCUT2D eigenvalue weighted by molar-refractivity contribution is -0.138. The molecule has 2 aliphatic heterocycles. The van der Waals surface area contributed by atoms with E-state index in [1.807, 2.05) is 26.0 Å². The van der Waals surface area contributed by atoms with E-state index in [-0.39, 0.29) is 11.3 Å². The molecule has 0 saturated heterocycles. The highest BCUT2D eigenvalue weighted by molar-refractivity contribution is 5.95. The number of esters is 1. The number of nitrogens with one attached hydrogen (secondary N) is 1. The predicted molar refractivity (Wildman–Crippen MR) is 78.1 cm³/mol. The number of aliphatic hydroxyl groups excluding tert-OH is 1. The molecule has 1 aromatic carbocycles. The van der Waals surface area contributed by atoms with Gasteiger partial charge in [0.25, 0.3) is 0 Å². The van der Waals surface area contributed by atoms with Crippen LogP contribution in [-0.4, -0.2) is 16.8 Å². The first kappa shape index (κ1) is 13.5. The summed E-state index contributed by atoms with van der Waals surface area (Å²) >= 11 is 0. The van der Waals surface area contributed by atoms with E-state index >= 15 is 0 Å². The van der Waals surface area contributed by atoms with Crippen LogP contribution in [0.3, 0.4) is 0 Å². The summed E-state index contributed by atoms with van der Waals surface area (Å²) in [7, 11) is 0. The molecule has 1 aromatic rings. The number of carbonyl (C=O) groups is 1. The fraction of sp³-hybridized carbons (Fsp3) is 0.312. The second-order valence-corrected chi connectivity index (χ2v) is 5.53. The molecule has 1 atom stereocenters. The summed E-state index contributed by atoms with van der Waals surface area (Å²) in [6, 6.07) is 3.96. The van der Waals surface area contributed by atoms with Crippen LogP contribution < -0.4 is 10.1 Å². The molecule has 5 heteroatoms. The first-order valence-electron chi connectivity index (χ1n) is 6.73. The van der Waals surface area contributed by atoms with E-state index < -0.39 is 11.7 Å². The van der Waals surface area contributed by atoms with Crippen LogP contribution in [0.4, 0.5) is 5.69 Å². The molecule has 2 N–H and O–H groups in total. The van der Waals surface area contributed by atoms with Crippen molar-refractivity contribution in [2.45, 2.75) is 33.4 Å². The molecule has 3 rings (SSSR count). The lowest BCUT2D eigenvalue weighted by Crippen LogP contribution is -2.47. The summed E-state index contributed by atoms with van der Waals surface area (Å²) in [6.07, 6.45) is 1.66. The van der Waals surface area contributed by atoms with Gasteiger partial charge in [-0.25, -0.2) is 4.79 Å². The number of hydrogen-bond acceptors (Lipinski definition) is 5. The molecule has 0 saturated carbocycles. The summed E-state index contributed by atoms with van der Waals surface area (Å²) in [6.45, 7) is 7.05. The van der Waals surface area contributed by atoms with Crippen molar-refractivity contribution in [3.63, 3.8) is 0 Å². The highest BCUT2D eigenvalue weighted by Gasteiger charge is 2.49. The lowest BCUT2D eigenvalue weighted by Gasteiger charge is -2.31. The van der Waals surface area contributed by atoms with Gasteiger partial charge in [0.2, 0.25) is 5.72 Å². The Kier molecular flexibility index (Phi) is 2.76. The van der Waals surface area contributed by atoms with Gasteiger partial charge < -0.3 is 19.9 Å². The van der Waals surface area contributed by atoms with E-state index in [0.29, 0.717) is 11.5 Å². The zero-order valence-corrected chi connectivity index (χ0v) is 12.4. The second kappa shape index (κ2) is 4.28. The third kappa shape index (κ3) is 1.96. The van der Waals surface area contributed by atoms with Crippen LogP contribution in [0.5, 0.6) is 5.75 Å². The highest BCUT2D eigenvalue weighted by atomic mass is 16.6. The lowest BCUT2D eigenvalue weighted by atomic mass is 9.98. The van der Waals surface area contributed by atoms with Crippen LogP contribution in [0.25, 0.3) is 0 Å². The maximum Gasteiger partial charge on any atom is 0.349 e. The van der Waals surface area contributed by atoms with Crippen molar-refractivity contribution in [1.82, 2.24) is 0 Å². The van der Waals surface area contributed by atoms with Crippen molar-refractivity contribution < 1.29 is 19.4 Å². The van der Waals surface area contributed by atoms with E-state index in [1.165, 1.54) is 6.92 Å². The van der Waals surface area contributed by atoms with Crippen molar-refractivity contribution in [1.29, 1.82) is 0 Å². The van der Waals surface area contributed by atoms with E-state index in [9.17, 15) is 9.90 Å². The van der Waals surface area contributed by atoms with Gasteiger partial charge in [-0.2, -0.15) is 0 Å². The fourth-order valence-corrected chi connectivity index (χ4v) is 2.90. The number of anilines is 1. The number of allylic oxidation sites excluding steroid dienone is 2. The summed E-state index contributed by atoms with van der Waals surface area (Å²) in [5.74, 6) is 0.376. The maximum atomic E-state index is 12.1. The zero-order chi connectivity index (χ0) is 15.4. The molecule has 0 radical (unpaired) electrons. The molecule has 5 nitrogen and oxygen atoms in total. The minimum atomic E-state index is -1.21. The van der Waals surface area contributed by atoms with Crippen molar-refractivity contribution in [3.05, 3.63) is 46.4 Å². The Labute approximate surface area is 122 Å². The van der Waals surface area contributed by atoms with Gasteiger partial charge in [-0.3, -0.25) is 0 Å². The molecular weight excluding hydrogens is 270 g/mol. The van der Waals surface area contributed by atoms with E-state index in [4.69, 9.17) is 9.47 Å². The number of carbonyl (C=O) groups excluding carboxylic acids is 1. The van der Waals surface area contributed by atoms with Crippen LogP contribution in [0, 0.1) is 13.8 Å². The Morgan fingerprint density at radius 2 is 2.00 bits per heavy atom. The molecule has 0 aliphatic carbocycles. The number of benzene rings is 1. The molecule has 0 fully saturated rings. The van der Waals surface area contributed by atoms with Gasteiger partial charge in [-0.15, -0.1) is 0 Å². The second-order valence-electron chi connectivity index (χ2n) is 5.53. The third-order valence-corrected chi connectivity index (χ3v) is 3.60. The van der Waals surface area contributed by atoms with Gasteiger partial charge in [0.1, 0.15) is 22.8 Å². The Morgan fingerprint density at radius 3 is 2.67 bits per heavy atom. The molecule has 21 heavy (non-hydrogen) atoms. The monoisotopic (exact) mass is 287 g/mol. The fourth-order valence-electron chi connectivity index (χ4n) is 2.90. The largest absolute Gasteiger partial charge is 0.512 e. The zero-order valence-electron chi connectivity index (χ0n) is 12.4. The standard InChI is InChI=1S/C16H17NO4/c1-8-5-9(2)14-12(6-8)17-16(21-14)7-10(3)20-15(19)13(16)11(4)18/h5-7,17-18H,1-4H3/b13-11+. The SMILES string of the molecule is CC1=CC2(Nc3cc(C)cc(C)c3O2)/C(=C(\C)O)C(=O)O1. The first-order valence-corrected chi connectivity index (χ1v) is 6.73. The molecule has 110 valence electrons. The third-order valence-electron chi connectivity index (χ3n) is 3.60. The normalized spacial score (nSPS) is 25.7. The van der Waals surface area contributed by atoms with Gasteiger partial charge >= 0.3 is 5.97 Å². The van der Waals surface area contributed by atoms with Gasteiger partial charge in [-0.05, 0) is 44.9 Å². The summed E-state index contributed by atoms with van der Waals surface area (Å²) in [5.41, 5.74) is 1.71. The molecule has 0 aromatic heterocycles. The van der Waals surface area contributed by atoms with Crippen molar-refractivity contribution in [2.75, 3.05) is 5.32 Å². The predicted octanol–water partition coefficient (Wildman–Crippen LogP) is 3.10. The smallest absolute Gasteiger partial charge is 0.349 e. The van der Waals surface area contributed by atoms with Crippen LogP contribution in [0.15, 0.2) is 35.3 Å². The molecule has 1 unspecified atom stereocenters. The van der Waals surface area contributed by atoms with Crippen molar-refractivity contribution in [2.24, 2.45) is 0 Å². The van der Waals surface area contributed by atoms with Crippen molar-refractivity contribution in [3.8, 4) is 5.75 Å². The number of ether oxygens (including phenoxy) is 2. The number of aliphatic hydroxyl groups is 1. The number of cyclic esters (lactones) is 1. The van der Waals surface area contributed by atoms with Gasteiger partial charge in [0.05, 0.1) is 5.69 Å². The number of fused-ring (bicyclic) bond motifs is 1. The Balaban J connectivity index is 2.19. The highest BCUT2D eigenvalue weighted by Crippen LogP contribution is 2.46. The van der Waals surface area contributed by atoms with E-state index in [0.717, 1.165) is 16.8 Å². The maximum absolute atomic E-state index is 12.1. The molecule has 0 amide bonds. The van der Waals surface area contributed by atoms with Crippen molar-refractivity contribution >= 4 is 11.7 Å². The molecule has 0 bridgehead atoms. The summed E-state index contributed by atoms with van der Waals surface area (Å²) in [5, 5.41) is 13.1. The average Bonchev–Trinajstić information content (AvgIpc) is 2.65. The van der Waals surface area contributed by atoms with E-state index in [1.54, 1.807) is 13.0 Å². The Hall–Kier alpha value is -2.43. The van der Waals surface area contributed by atoms with Crippen LogP contribution in [-0.2, 0) is 9.53 Å². The van der Waals surface area contributed by atoms with Crippen LogP contribution in [0.2, 0.25) is 0 Å². The topological polar surface area (TPSA) is 67.8 Å². The Morgan fingerprint density at radius 1 is 1.29 bits per heavy atom. The van der Waals surface area contributed by atoms with E-state index in [2.05, 4.69) is 5.32 Å². The van der Waals surface area contributed by atoms with Crippen LogP contribution in [0.1, 0.15) is 25.0 Å². The molecule has 1 spiro atoms. The number of rotatable bonds is 0. The first-order chi connectivity index (χ1) is 9.82. The van der Waals surface area contributed by atoms with Crippen LogP contribution >= 0.6 is 0 Å². The molecule has 2 aliphatic rings. The van der Waals surface area contributed by atoms with Gasteiger partial charge in [-0.1, -0.05) is 6.07 Å². The summed E-state index contributed by atoms with van der Waals surface area (Å²) < 4.78 is 11.1. The minimum Gasteiger partial charge on any atom is -0.512 e. The van der Waals surface area contributed by atoms with Gasteiger partial charge in [0, 0.05) is 6.08 Å². The number of aryl methyl sites for hydroxylation is 2. The molecular formula is C16H17NO4. The van der Waals surface area contributed by atoms with Gasteiger partial charge in [0.15, 0.2) is 0 Å². The average molecular weight is 287 g/mol. The number of hydrogen-bond donors (Lipinski definition) is 2. The summed E-state index contributed by atoms with van der Waals surface area (Å²) in [4.78, 5) is 12.1. The minimum absolute atomic E-state index is 0.0707. The molecule has 2 heterocycles. The quantitative estimate of drug-likeness (QED) is 0.436. The Bertz CT molecular complexity index is 713.